The molecule has 0 radical (unpaired) electrons. The summed E-state index contributed by atoms with van der Waals surface area (Å²) in [6.45, 7) is 8.53. The molecule has 0 bridgehead atoms. The Kier molecular flexibility index (Phi) is 6.16. The molecule has 0 aliphatic carbocycles. The molecule has 2 N–H and O–H groups in total. The Balaban J connectivity index is 2.13. The first-order valence-corrected chi connectivity index (χ1v) is 8.57. The summed E-state index contributed by atoms with van der Waals surface area (Å²) in [7, 11) is 0. The number of benzene rings is 2. The number of carbonyl (C=O) groups excluding carboxylic acids is 1. The SMILES string of the molecule is CCC(C)(C)NC(=O)CN[C@H](c1ccccc1)c1ccc(C)cc1. The second-order valence-electron chi connectivity index (χ2n) is 6.92. The molecule has 0 unspecified atom stereocenters. The molecule has 0 spiro atoms. The van der Waals surface area contributed by atoms with E-state index in [4.69, 9.17) is 0 Å². The van der Waals surface area contributed by atoms with Crippen molar-refractivity contribution in [1.29, 1.82) is 0 Å². The zero-order valence-electron chi connectivity index (χ0n) is 15.1. The lowest BCUT2D eigenvalue weighted by Crippen LogP contribution is -2.47. The molecule has 2 aromatic rings. The molecule has 128 valence electrons. The average molecular weight is 324 g/mol. The normalized spacial score (nSPS) is 12.7. The van der Waals surface area contributed by atoms with Crippen molar-refractivity contribution in [2.24, 2.45) is 0 Å². The van der Waals surface area contributed by atoms with E-state index >= 15 is 0 Å². The Hall–Kier alpha value is -2.13. The van der Waals surface area contributed by atoms with Gasteiger partial charge in [0.1, 0.15) is 0 Å². The van der Waals surface area contributed by atoms with Gasteiger partial charge in [0.25, 0.3) is 0 Å². The standard InChI is InChI=1S/C21H28N2O/c1-5-21(3,4)23-19(24)15-22-20(17-9-7-6-8-10-17)18-13-11-16(2)12-14-18/h6-14,20,22H,5,15H2,1-4H3,(H,23,24)/t20-/m1/s1. The van der Waals surface area contributed by atoms with Crippen molar-refractivity contribution >= 4 is 5.91 Å². The third-order valence-electron chi connectivity index (χ3n) is 4.37. The van der Waals surface area contributed by atoms with Gasteiger partial charge in [-0.05, 0) is 38.3 Å². The fraction of sp³-hybridized carbons (Fsp3) is 0.381. The topological polar surface area (TPSA) is 41.1 Å². The smallest absolute Gasteiger partial charge is 0.234 e. The monoisotopic (exact) mass is 324 g/mol. The van der Waals surface area contributed by atoms with Gasteiger partial charge in [-0.3, -0.25) is 10.1 Å². The van der Waals surface area contributed by atoms with Gasteiger partial charge in [-0.15, -0.1) is 0 Å². The maximum Gasteiger partial charge on any atom is 0.234 e. The first-order chi connectivity index (χ1) is 11.4. The minimum atomic E-state index is -0.176. The van der Waals surface area contributed by atoms with E-state index in [0.29, 0.717) is 0 Å². The van der Waals surface area contributed by atoms with Crippen LogP contribution in [0.4, 0.5) is 0 Å². The van der Waals surface area contributed by atoms with Crippen molar-refractivity contribution in [1.82, 2.24) is 10.6 Å². The number of aryl methyl sites for hydroxylation is 1. The van der Waals surface area contributed by atoms with E-state index < -0.39 is 0 Å². The minimum Gasteiger partial charge on any atom is -0.350 e. The Bertz CT molecular complexity index is 647. The van der Waals surface area contributed by atoms with Crippen LogP contribution in [0.5, 0.6) is 0 Å². The molecule has 0 aliphatic rings. The Morgan fingerprint density at radius 1 is 1.00 bits per heavy atom. The lowest BCUT2D eigenvalue weighted by molar-refractivity contribution is -0.121. The molecule has 0 saturated carbocycles. The molecule has 1 amide bonds. The van der Waals surface area contributed by atoms with Crippen LogP contribution in [0, 0.1) is 6.92 Å². The number of hydrogen-bond donors (Lipinski definition) is 2. The molecule has 0 heterocycles. The van der Waals surface area contributed by atoms with Crippen molar-refractivity contribution in [3.8, 4) is 0 Å². The van der Waals surface area contributed by atoms with Gasteiger partial charge in [0, 0.05) is 5.54 Å². The van der Waals surface area contributed by atoms with Crippen molar-refractivity contribution in [3.63, 3.8) is 0 Å². The fourth-order valence-corrected chi connectivity index (χ4v) is 2.54. The van der Waals surface area contributed by atoms with E-state index in [-0.39, 0.29) is 24.0 Å². The zero-order chi connectivity index (χ0) is 17.6. The van der Waals surface area contributed by atoms with E-state index in [0.717, 1.165) is 17.5 Å². The van der Waals surface area contributed by atoms with Gasteiger partial charge in [0.15, 0.2) is 0 Å². The molecule has 0 fully saturated rings. The van der Waals surface area contributed by atoms with Gasteiger partial charge in [-0.2, -0.15) is 0 Å². The van der Waals surface area contributed by atoms with Crippen molar-refractivity contribution < 1.29 is 4.79 Å². The van der Waals surface area contributed by atoms with Crippen LogP contribution in [0.3, 0.4) is 0 Å². The number of hydrogen-bond acceptors (Lipinski definition) is 2. The lowest BCUT2D eigenvalue weighted by Gasteiger charge is -2.26. The van der Waals surface area contributed by atoms with Gasteiger partial charge in [-0.1, -0.05) is 67.1 Å². The molecular formula is C21H28N2O. The van der Waals surface area contributed by atoms with Gasteiger partial charge in [-0.25, -0.2) is 0 Å². The summed E-state index contributed by atoms with van der Waals surface area (Å²) in [5.41, 5.74) is 3.37. The van der Waals surface area contributed by atoms with E-state index in [1.165, 1.54) is 5.56 Å². The fourth-order valence-electron chi connectivity index (χ4n) is 2.54. The molecule has 1 atom stereocenters. The second-order valence-corrected chi connectivity index (χ2v) is 6.92. The lowest BCUT2D eigenvalue weighted by atomic mass is 9.97. The largest absolute Gasteiger partial charge is 0.350 e. The first kappa shape index (κ1) is 18.2. The number of amides is 1. The van der Waals surface area contributed by atoms with E-state index in [9.17, 15) is 4.79 Å². The zero-order valence-corrected chi connectivity index (χ0v) is 15.1. The average Bonchev–Trinajstić information content (AvgIpc) is 2.57. The van der Waals surface area contributed by atoms with Crippen LogP contribution < -0.4 is 10.6 Å². The summed E-state index contributed by atoms with van der Waals surface area (Å²) in [6.07, 6.45) is 0.902. The molecular weight excluding hydrogens is 296 g/mol. The summed E-state index contributed by atoms with van der Waals surface area (Å²) < 4.78 is 0. The van der Waals surface area contributed by atoms with Crippen LogP contribution >= 0.6 is 0 Å². The van der Waals surface area contributed by atoms with E-state index in [1.807, 2.05) is 32.0 Å². The summed E-state index contributed by atoms with van der Waals surface area (Å²) >= 11 is 0. The third-order valence-corrected chi connectivity index (χ3v) is 4.37. The summed E-state index contributed by atoms with van der Waals surface area (Å²) in [4.78, 5) is 12.3. The highest BCUT2D eigenvalue weighted by molar-refractivity contribution is 5.78. The molecule has 0 aromatic heterocycles. The molecule has 2 rings (SSSR count). The van der Waals surface area contributed by atoms with Crippen molar-refractivity contribution in [3.05, 3.63) is 71.3 Å². The molecule has 0 aliphatic heterocycles. The van der Waals surface area contributed by atoms with Gasteiger partial charge < -0.3 is 5.32 Å². The highest BCUT2D eigenvalue weighted by Gasteiger charge is 2.19. The van der Waals surface area contributed by atoms with E-state index in [1.54, 1.807) is 0 Å². The maximum atomic E-state index is 12.3. The summed E-state index contributed by atoms with van der Waals surface area (Å²) in [5.74, 6) is 0.0230. The first-order valence-electron chi connectivity index (χ1n) is 8.57. The summed E-state index contributed by atoms with van der Waals surface area (Å²) in [5, 5.41) is 6.48. The highest BCUT2D eigenvalue weighted by atomic mass is 16.2. The number of carbonyl (C=O) groups is 1. The van der Waals surface area contributed by atoms with Gasteiger partial charge in [0.2, 0.25) is 5.91 Å². The Labute approximate surface area is 145 Å². The van der Waals surface area contributed by atoms with Crippen molar-refractivity contribution in [2.75, 3.05) is 6.54 Å². The van der Waals surface area contributed by atoms with Crippen LogP contribution in [-0.4, -0.2) is 18.0 Å². The van der Waals surface area contributed by atoms with Crippen LogP contribution in [0.15, 0.2) is 54.6 Å². The number of nitrogens with one attached hydrogen (secondary N) is 2. The van der Waals surface area contributed by atoms with E-state index in [2.05, 4.69) is 60.9 Å². The van der Waals surface area contributed by atoms with Crippen LogP contribution in [0.25, 0.3) is 0 Å². The minimum absolute atomic E-state index is 0.00212. The molecule has 3 heteroatoms. The Morgan fingerprint density at radius 2 is 1.58 bits per heavy atom. The molecule has 3 nitrogen and oxygen atoms in total. The second kappa shape index (κ2) is 8.11. The predicted molar refractivity (Wildman–Crippen MR) is 100.0 cm³/mol. The number of rotatable bonds is 7. The predicted octanol–water partition coefficient (Wildman–Crippen LogP) is 3.98. The molecule has 24 heavy (non-hydrogen) atoms. The highest BCUT2D eigenvalue weighted by Crippen LogP contribution is 2.22. The quantitative estimate of drug-likeness (QED) is 0.809. The maximum absolute atomic E-state index is 12.3. The van der Waals surface area contributed by atoms with Gasteiger partial charge in [0.05, 0.1) is 12.6 Å². The third kappa shape index (κ3) is 5.20. The van der Waals surface area contributed by atoms with Gasteiger partial charge >= 0.3 is 0 Å². The van der Waals surface area contributed by atoms with Crippen LogP contribution in [0.1, 0.15) is 49.9 Å². The van der Waals surface area contributed by atoms with Crippen LogP contribution in [0.2, 0.25) is 0 Å². The Morgan fingerprint density at radius 3 is 2.17 bits per heavy atom. The summed E-state index contributed by atoms with van der Waals surface area (Å²) in [6, 6.07) is 18.7. The molecule has 0 saturated heterocycles. The van der Waals surface area contributed by atoms with Crippen LogP contribution in [-0.2, 0) is 4.79 Å². The molecule has 2 aromatic carbocycles. The van der Waals surface area contributed by atoms with Crippen molar-refractivity contribution in [2.45, 2.75) is 45.7 Å².